The largest absolute Gasteiger partial charge is 0.467 e. The third-order valence-electron chi connectivity index (χ3n) is 4.32. The molecule has 1 aliphatic heterocycles. The van der Waals surface area contributed by atoms with Crippen LogP contribution in [-0.2, 0) is 22.6 Å². The van der Waals surface area contributed by atoms with Crippen molar-refractivity contribution in [2.24, 2.45) is 0 Å². The van der Waals surface area contributed by atoms with E-state index in [1.54, 1.807) is 18.2 Å². The first kappa shape index (κ1) is 17.6. The maximum absolute atomic E-state index is 12.4. The molecule has 0 bridgehead atoms. The van der Waals surface area contributed by atoms with Crippen molar-refractivity contribution >= 4 is 5.91 Å². The van der Waals surface area contributed by atoms with E-state index in [1.807, 2.05) is 30.7 Å². The summed E-state index contributed by atoms with van der Waals surface area (Å²) in [5.74, 6) is 2.50. The maximum Gasteiger partial charge on any atom is 0.236 e. The van der Waals surface area contributed by atoms with Gasteiger partial charge in [0, 0.05) is 20.1 Å². The lowest BCUT2D eigenvalue weighted by Crippen LogP contribution is -2.48. The van der Waals surface area contributed by atoms with E-state index >= 15 is 0 Å². The number of aryl methyl sites for hydroxylation is 2. The highest BCUT2D eigenvalue weighted by atomic mass is 16.5. The van der Waals surface area contributed by atoms with Gasteiger partial charge in [-0.05, 0) is 26.0 Å². The van der Waals surface area contributed by atoms with Crippen LogP contribution >= 0.6 is 0 Å². The minimum atomic E-state index is 0.0109. The molecule has 0 N–H and O–H groups in total. The minimum Gasteiger partial charge on any atom is -0.467 e. The molecule has 2 aromatic rings. The average molecular weight is 347 g/mol. The Labute approximate surface area is 147 Å². The van der Waals surface area contributed by atoms with Gasteiger partial charge in [0.1, 0.15) is 17.4 Å². The number of likely N-dealkylation sites (N-methyl/N-ethyl adjacent to an activating group) is 1. The van der Waals surface area contributed by atoms with Gasteiger partial charge in [-0.2, -0.15) is 5.10 Å². The molecule has 1 atom stereocenters. The molecule has 1 amide bonds. The van der Waals surface area contributed by atoms with Crippen LogP contribution in [-0.4, -0.2) is 69.9 Å². The second-order valence-corrected chi connectivity index (χ2v) is 6.45. The van der Waals surface area contributed by atoms with Crippen LogP contribution in [0.5, 0.6) is 0 Å². The number of nitrogens with zero attached hydrogens (tertiary/aromatic N) is 5. The molecule has 0 radical (unpaired) electrons. The van der Waals surface area contributed by atoms with Gasteiger partial charge in [-0.3, -0.25) is 9.69 Å². The summed E-state index contributed by atoms with van der Waals surface area (Å²) >= 11 is 0. The molecule has 0 aliphatic carbocycles. The number of amides is 1. The number of aromatic nitrogens is 3. The molecule has 0 unspecified atom stereocenters. The van der Waals surface area contributed by atoms with Crippen molar-refractivity contribution in [1.82, 2.24) is 24.6 Å². The second-order valence-electron chi connectivity index (χ2n) is 6.45. The lowest BCUT2D eigenvalue weighted by atomic mass is 10.2. The number of carbonyl (C=O) groups excluding carboxylic acids is 1. The van der Waals surface area contributed by atoms with E-state index in [-0.39, 0.29) is 12.0 Å². The molecule has 2 aromatic heterocycles. The fourth-order valence-corrected chi connectivity index (χ4v) is 3.00. The van der Waals surface area contributed by atoms with Crippen LogP contribution in [0.1, 0.15) is 17.4 Å². The first-order valence-corrected chi connectivity index (χ1v) is 8.49. The number of hydrogen-bond acceptors (Lipinski definition) is 6. The lowest BCUT2D eigenvalue weighted by Gasteiger charge is -2.33. The van der Waals surface area contributed by atoms with Crippen LogP contribution in [0.3, 0.4) is 0 Å². The van der Waals surface area contributed by atoms with Crippen molar-refractivity contribution in [2.45, 2.75) is 33.0 Å². The summed E-state index contributed by atoms with van der Waals surface area (Å²) in [4.78, 5) is 20.6. The topological polar surface area (TPSA) is 76.6 Å². The van der Waals surface area contributed by atoms with E-state index in [2.05, 4.69) is 15.0 Å². The third-order valence-corrected chi connectivity index (χ3v) is 4.32. The Hall–Kier alpha value is -2.19. The number of ether oxygens (including phenoxy) is 1. The van der Waals surface area contributed by atoms with Crippen LogP contribution in [0.2, 0.25) is 0 Å². The molecule has 8 nitrogen and oxygen atoms in total. The van der Waals surface area contributed by atoms with E-state index in [0.29, 0.717) is 32.8 Å². The minimum absolute atomic E-state index is 0.0109. The van der Waals surface area contributed by atoms with Crippen molar-refractivity contribution in [2.75, 3.05) is 33.3 Å². The highest BCUT2D eigenvalue weighted by Crippen LogP contribution is 2.10. The number of rotatable bonds is 6. The predicted molar refractivity (Wildman–Crippen MR) is 90.9 cm³/mol. The predicted octanol–water partition coefficient (Wildman–Crippen LogP) is 0.847. The van der Waals surface area contributed by atoms with Crippen molar-refractivity contribution in [3.8, 4) is 0 Å². The molecule has 0 saturated carbocycles. The van der Waals surface area contributed by atoms with Crippen LogP contribution in [0.15, 0.2) is 22.8 Å². The number of furan rings is 1. The summed E-state index contributed by atoms with van der Waals surface area (Å²) in [5.41, 5.74) is 0. The quantitative estimate of drug-likeness (QED) is 0.771. The lowest BCUT2D eigenvalue weighted by molar-refractivity contribution is -0.134. The van der Waals surface area contributed by atoms with Gasteiger partial charge in [0.2, 0.25) is 5.91 Å². The van der Waals surface area contributed by atoms with Gasteiger partial charge in [-0.1, -0.05) is 0 Å². The smallest absolute Gasteiger partial charge is 0.236 e. The SMILES string of the molecule is Cc1nc(C)n(C[C@@H]2CN(CC(=O)N(C)Cc3ccco3)CCO2)n1. The highest BCUT2D eigenvalue weighted by molar-refractivity contribution is 5.77. The normalized spacial score (nSPS) is 18.4. The molecule has 3 rings (SSSR count). The zero-order valence-electron chi connectivity index (χ0n) is 15.0. The van der Waals surface area contributed by atoms with Crippen LogP contribution in [0, 0.1) is 13.8 Å². The summed E-state index contributed by atoms with van der Waals surface area (Å²) < 4.78 is 13.0. The zero-order chi connectivity index (χ0) is 17.8. The number of hydrogen-bond donors (Lipinski definition) is 0. The molecule has 1 aliphatic rings. The Balaban J connectivity index is 1.50. The molecule has 0 spiro atoms. The summed E-state index contributed by atoms with van der Waals surface area (Å²) in [7, 11) is 1.80. The first-order valence-electron chi connectivity index (χ1n) is 8.49. The zero-order valence-corrected chi connectivity index (χ0v) is 15.0. The Morgan fingerprint density at radius 2 is 2.28 bits per heavy atom. The Kier molecular flexibility index (Phi) is 5.50. The van der Waals surface area contributed by atoms with E-state index in [9.17, 15) is 4.79 Å². The van der Waals surface area contributed by atoms with E-state index in [0.717, 1.165) is 24.0 Å². The van der Waals surface area contributed by atoms with Gasteiger partial charge in [-0.15, -0.1) is 0 Å². The Morgan fingerprint density at radius 1 is 1.44 bits per heavy atom. The third kappa shape index (κ3) is 4.67. The molecule has 1 fully saturated rings. The molecule has 25 heavy (non-hydrogen) atoms. The Bertz CT molecular complexity index is 697. The van der Waals surface area contributed by atoms with Crippen LogP contribution < -0.4 is 0 Å². The fourth-order valence-electron chi connectivity index (χ4n) is 3.00. The molecule has 3 heterocycles. The summed E-state index contributed by atoms with van der Waals surface area (Å²) in [6.45, 7) is 7.42. The highest BCUT2D eigenvalue weighted by Gasteiger charge is 2.24. The van der Waals surface area contributed by atoms with Crippen molar-refractivity contribution in [3.05, 3.63) is 35.8 Å². The Morgan fingerprint density at radius 3 is 2.96 bits per heavy atom. The molecule has 1 saturated heterocycles. The average Bonchev–Trinajstić information content (AvgIpc) is 3.17. The van der Waals surface area contributed by atoms with Gasteiger partial charge in [0.15, 0.2) is 0 Å². The van der Waals surface area contributed by atoms with Gasteiger partial charge in [0.05, 0.1) is 38.6 Å². The maximum atomic E-state index is 12.4. The monoisotopic (exact) mass is 347 g/mol. The van der Waals surface area contributed by atoms with Crippen molar-refractivity contribution in [3.63, 3.8) is 0 Å². The molecule has 136 valence electrons. The van der Waals surface area contributed by atoms with Crippen molar-refractivity contribution < 1.29 is 13.9 Å². The van der Waals surface area contributed by atoms with Crippen LogP contribution in [0.4, 0.5) is 0 Å². The van der Waals surface area contributed by atoms with Gasteiger partial charge >= 0.3 is 0 Å². The first-order chi connectivity index (χ1) is 12.0. The second kappa shape index (κ2) is 7.79. The van der Waals surface area contributed by atoms with Gasteiger partial charge in [0.25, 0.3) is 0 Å². The summed E-state index contributed by atoms with van der Waals surface area (Å²) in [5, 5.41) is 4.38. The number of morpholine rings is 1. The molecule has 8 heteroatoms. The van der Waals surface area contributed by atoms with E-state index in [1.165, 1.54) is 0 Å². The summed E-state index contributed by atoms with van der Waals surface area (Å²) in [6, 6.07) is 3.70. The fraction of sp³-hybridized carbons (Fsp3) is 0.588. The standard InChI is InChI=1S/C17H25N5O3/c1-13-18-14(2)22(19-13)11-16-10-21(6-8-25-16)12-17(23)20(3)9-15-5-4-7-24-15/h4-5,7,16H,6,8-12H2,1-3H3/t16-/m0/s1. The molecule has 0 aromatic carbocycles. The van der Waals surface area contributed by atoms with E-state index in [4.69, 9.17) is 9.15 Å². The summed E-state index contributed by atoms with van der Waals surface area (Å²) in [6.07, 6.45) is 1.63. The van der Waals surface area contributed by atoms with E-state index < -0.39 is 0 Å². The van der Waals surface area contributed by atoms with Gasteiger partial charge < -0.3 is 14.1 Å². The molecular weight excluding hydrogens is 322 g/mol. The van der Waals surface area contributed by atoms with Crippen molar-refractivity contribution in [1.29, 1.82) is 0 Å². The van der Waals surface area contributed by atoms with Crippen LogP contribution in [0.25, 0.3) is 0 Å². The number of carbonyl (C=O) groups is 1. The molecular formula is C17H25N5O3. The van der Waals surface area contributed by atoms with Gasteiger partial charge in [-0.25, -0.2) is 9.67 Å².